The Balaban J connectivity index is 1.21. The van der Waals surface area contributed by atoms with Crippen LogP contribution in [0.4, 0.5) is 0 Å². The van der Waals surface area contributed by atoms with E-state index in [1.54, 1.807) is 0 Å². The van der Waals surface area contributed by atoms with Gasteiger partial charge in [0.05, 0.1) is 11.2 Å². The quantitative estimate of drug-likeness (QED) is 0.159. The first-order chi connectivity index (χ1) is 28.6. The number of pyridine rings is 2. The second kappa shape index (κ2) is 13.5. The minimum absolute atomic E-state index is 0.339. The first-order valence-corrected chi connectivity index (χ1v) is 19.6. The van der Waals surface area contributed by atoms with E-state index in [-0.39, 0.29) is 5.41 Å². The average Bonchev–Trinajstić information content (AvgIpc) is 3.58. The molecule has 0 N–H and O–H groups in total. The summed E-state index contributed by atoms with van der Waals surface area (Å²) in [5.41, 5.74) is 13.6. The van der Waals surface area contributed by atoms with Gasteiger partial charge in [-0.25, -0.2) is 19.9 Å². The molecule has 1 unspecified atom stereocenters. The predicted molar refractivity (Wildman–Crippen MR) is 235 cm³/mol. The van der Waals surface area contributed by atoms with Gasteiger partial charge in [-0.1, -0.05) is 152 Å². The fourth-order valence-corrected chi connectivity index (χ4v) is 8.87. The van der Waals surface area contributed by atoms with E-state index in [9.17, 15) is 0 Å². The number of benzene rings is 7. The molecule has 0 fully saturated rings. The summed E-state index contributed by atoms with van der Waals surface area (Å²) in [5, 5.41) is 3.18. The van der Waals surface area contributed by atoms with Crippen LogP contribution in [0.25, 0.3) is 89.4 Å². The molecule has 0 bridgehead atoms. The first-order valence-electron chi connectivity index (χ1n) is 19.6. The Morgan fingerprint density at radius 2 is 0.966 bits per heavy atom. The van der Waals surface area contributed by atoms with Gasteiger partial charge in [-0.15, -0.1) is 0 Å². The smallest absolute Gasteiger partial charge is 0.164 e. The zero-order valence-electron chi connectivity index (χ0n) is 31.7. The van der Waals surface area contributed by atoms with Gasteiger partial charge in [0, 0.05) is 50.8 Å². The van der Waals surface area contributed by atoms with Crippen molar-refractivity contribution < 1.29 is 0 Å². The Bertz CT molecular complexity index is 3120. The van der Waals surface area contributed by atoms with E-state index in [1.165, 1.54) is 27.8 Å². The highest BCUT2D eigenvalue weighted by Gasteiger charge is 2.41. The van der Waals surface area contributed by atoms with Crippen LogP contribution < -0.4 is 0 Å². The van der Waals surface area contributed by atoms with Crippen LogP contribution in [0.1, 0.15) is 23.6 Å². The molecule has 272 valence electrons. The van der Waals surface area contributed by atoms with Crippen LogP contribution in [0.5, 0.6) is 0 Å². The second-order valence-electron chi connectivity index (χ2n) is 15.0. The molecule has 3 aromatic heterocycles. The molecule has 0 aliphatic heterocycles. The molecule has 0 saturated heterocycles. The van der Waals surface area contributed by atoms with Crippen LogP contribution in [0.3, 0.4) is 0 Å². The third kappa shape index (κ3) is 5.43. The molecule has 3 heterocycles. The maximum Gasteiger partial charge on any atom is 0.164 e. The van der Waals surface area contributed by atoms with E-state index in [0.29, 0.717) is 17.5 Å². The largest absolute Gasteiger partial charge is 0.264 e. The normalized spacial score (nSPS) is 14.4. The molecule has 7 aromatic carbocycles. The van der Waals surface area contributed by atoms with Gasteiger partial charge in [-0.2, -0.15) is 0 Å². The van der Waals surface area contributed by atoms with Gasteiger partial charge in [0.25, 0.3) is 0 Å². The van der Waals surface area contributed by atoms with Gasteiger partial charge in [0.15, 0.2) is 17.5 Å². The van der Waals surface area contributed by atoms with Crippen molar-refractivity contribution in [1.82, 2.24) is 24.9 Å². The molecule has 5 heteroatoms. The highest BCUT2D eigenvalue weighted by atomic mass is 15.0. The number of aromatic nitrogens is 5. The van der Waals surface area contributed by atoms with Crippen molar-refractivity contribution in [2.24, 2.45) is 0 Å². The van der Waals surface area contributed by atoms with E-state index in [1.807, 2.05) is 79.1 Å². The van der Waals surface area contributed by atoms with Crippen LogP contribution in [-0.2, 0) is 5.41 Å². The Morgan fingerprint density at radius 1 is 0.397 bits per heavy atom. The van der Waals surface area contributed by atoms with E-state index in [2.05, 4.69) is 127 Å². The lowest BCUT2D eigenvalue weighted by molar-refractivity contribution is 0.714. The average molecular weight is 742 g/mol. The van der Waals surface area contributed by atoms with Crippen molar-refractivity contribution in [1.29, 1.82) is 0 Å². The van der Waals surface area contributed by atoms with Gasteiger partial charge < -0.3 is 0 Å². The van der Waals surface area contributed by atoms with Crippen molar-refractivity contribution >= 4 is 21.7 Å². The second-order valence-corrected chi connectivity index (χ2v) is 15.0. The zero-order valence-corrected chi connectivity index (χ0v) is 31.7. The van der Waals surface area contributed by atoms with E-state index >= 15 is 0 Å². The van der Waals surface area contributed by atoms with E-state index in [0.717, 1.165) is 60.8 Å². The maximum atomic E-state index is 5.35. The molecule has 5 nitrogen and oxygen atoms in total. The summed E-state index contributed by atoms with van der Waals surface area (Å²) in [4.78, 5) is 25.4. The highest BCUT2D eigenvalue weighted by Crippen LogP contribution is 2.55. The van der Waals surface area contributed by atoms with Crippen molar-refractivity contribution in [2.75, 3.05) is 0 Å². The molecule has 10 aromatic rings. The number of hydrogen-bond acceptors (Lipinski definition) is 5. The molecule has 1 atom stereocenters. The maximum absolute atomic E-state index is 5.35. The zero-order chi connectivity index (χ0) is 38.6. The minimum atomic E-state index is -0.339. The molecule has 1 aliphatic carbocycles. The molecular weight excluding hydrogens is 707 g/mol. The summed E-state index contributed by atoms with van der Waals surface area (Å²) in [6.45, 7) is 2.36. The van der Waals surface area contributed by atoms with Crippen LogP contribution in [0.2, 0.25) is 0 Å². The lowest BCUT2D eigenvalue weighted by Crippen LogP contribution is -2.22. The number of rotatable bonds is 6. The molecule has 0 amide bonds. The van der Waals surface area contributed by atoms with E-state index < -0.39 is 0 Å². The van der Waals surface area contributed by atoms with Crippen LogP contribution in [-0.4, -0.2) is 24.9 Å². The topological polar surface area (TPSA) is 64.5 Å². The Hall–Kier alpha value is -7.63. The Morgan fingerprint density at radius 3 is 1.71 bits per heavy atom. The highest BCUT2D eigenvalue weighted by molar-refractivity contribution is 6.11. The van der Waals surface area contributed by atoms with Gasteiger partial charge in [0.2, 0.25) is 0 Å². The lowest BCUT2D eigenvalue weighted by atomic mass is 9.74. The molecular formula is C53H35N5. The van der Waals surface area contributed by atoms with Crippen molar-refractivity contribution in [2.45, 2.75) is 12.3 Å². The summed E-state index contributed by atoms with van der Waals surface area (Å²) in [5.74, 6) is 1.81. The monoisotopic (exact) mass is 741 g/mol. The predicted octanol–water partition coefficient (Wildman–Crippen LogP) is 12.6. The minimum Gasteiger partial charge on any atom is -0.264 e. The van der Waals surface area contributed by atoms with Crippen molar-refractivity contribution in [3.05, 3.63) is 211 Å². The summed E-state index contributed by atoms with van der Waals surface area (Å²) in [6.07, 6.45) is 3.79. The molecule has 11 rings (SSSR count). The first kappa shape index (κ1) is 33.7. The summed E-state index contributed by atoms with van der Waals surface area (Å²) in [7, 11) is 0. The number of hydrogen-bond donors (Lipinski definition) is 0. The van der Waals surface area contributed by atoms with E-state index in [4.69, 9.17) is 19.9 Å². The summed E-state index contributed by atoms with van der Waals surface area (Å²) >= 11 is 0. The number of fused-ring (bicyclic) bond motifs is 6. The Kier molecular flexibility index (Phi) is 7.86. The van der Waals surface area contributed by atoms with Gasteiger partial charge in [-0.05, 0) is 81.6 Å². The third-order valence-electron chi connectivity index (χ3n) is 11.7. The van der Waals surface area contributed by atoms with Crippen LogP contribution >= 0.6 is 0 Å². The van der Waals surface area contributed by atoms with Crippen molar-refractivity contribution in [3.8, 4) is 67.7 Å². The Labute approximate surface area is 336 Å². The lowest BCUT2D eigenvalue weighted by Gasteiger charge is -2.28. The fourth-order valence-electron chi connectivity index (χ4n) is 8.87. The molecule has 58 heavy (non-hydrogen) atoms. The van der Waals surface area contributed by atoms with Gasteiger partial charge in [-0.3, -0.25) is 4.98 Å². The summed E-state index contributed by atoms with van der Waals surface area (Å²) in [6, 6.07) is 63.8. The standard InChI is InChI=1S/C53H35N5/c1-53(39-20-9-4-10-21-39)45-25-13-11-23-43(45)48-40(24-15-26-46(48)53)36-30-37(49-44-33-54-29-28-41(44)42-22-12-14-27-47(42)55-49)32-38(31-36)52-57-50(34-16-5-2-6-17-34)56-51(58-52)35-18-7-3-8-19-35/h2-33H,1H3. The van der Waals surface area contributed by atoms with Crippen LogP contribution in [0, 0.1) is 0 Å². The van der Waals surface area contributed by atoms with Crippen LogP contribution in [0.15, 0.2) is 194 Å². The summed E-state index contributed by atoms with van der Waals surface area (Å²) < 4.78 is 0. The van der Waals surface area contributed by atoms with Gasteiger partial charge >= 0.3 is 0 Å². The van der Waals surface area contributed by atoms with Gasteiger partial charge in [0.1, 0.15) is 0 Å². The molecule has 0 radical (unpaired) electrons. The van der Waals surface area contributed by atoms with Crippen molar-refractivity contribution in [3.63, 3.8) is 0 Å². The third-order valence-corrected chi connectivity index (χ3v) is 11.7. The fraction of sp³-hybridized carbons (Fsp3) is 0.0377. The SMILES string of the molecule is CC1(c2ccccc2)c2ccccc2-c2c(-c3cc(-c4nc(-c5ccccc5)nc(-c5ccccc5)n4)cc(-c4nc5ccccc5c5ccncc45)c3)cccc21. The number of nitrogens with zero attached hydrogens (tertiary/aromatic N) is 5. The number of para-hydroxylation sites is 1. The molecule has 1 aliphatic rings. The molecule has 0 saturated carbocycles. The molecule has 0 spiro atoms.